The molecule has 0 saturated heterocycles. The molecule has 2 aromatic heterocycles. The molecule has 3 rings (SSSR count). The van der Waals surface area contributed by atoms with Gasteiger partial charge in [-0.15, -0.1) is 22.7 Å². The lowest BCUT2D eigenvalue weighted by Crippen LogP contribution is -2.44. The normalized spacial score (nSPS) is 13.0. The molecule has 0 fully saturated rings. The van der Waals surface area contributed by atoms with Crippen molar-refractivity contribution in [2.45, 2.75) is 39.0 Å². The highest BCUT2D eigenvalue weighted by molar-refractivity contribution is 7.10. The smallest absolute Gasteiger partial charge is 0.339 e. The molecule has 26 heavy (non-hydrogen) atoms. The summed E-state index contributed by atoms with van der Waals surface area (Å²) in [6.07, 6.45) is 4.17. The van der Waals surface area contributed by atoms with Gasteiger partial charge in [-0.25, -0.2) is 9.78 Å². The van der Waals surface area contributed by atoms with Crippen molar-refractivity contribution in [3.63, 3.8) is 0 Å². The van der Waals surface area contributed by atoms with E-state index in [1.807, 2.05) is 12.3 Å². The molecule has 0 spiro atoms. The van der Waals surface area contributed by atoms with Gasteiger partial charge in [-0.1, -0.05) is 0 Å². The first-order valence-corrected chi connectivity index (χ1v) is 10.0. The first-order chi connectivity index (χ1) is 12.5. The summed E-state index contributed by atoms with van der Waals surface area (Å²) in [7, 11) is 0. The van der Waals surface area contributed by atoms with Crippen LogP contribution >= 0.6 is 22.7 Å². The third kappa shape index (κ3) is 4.67. The van der Waals surface area contributed by atoms with Gasteiger partial charge in [0.25, 0.3) is 5.91 Å². The number of carbonyl (C=O) groups excluding carboxylic acids is 3. The molecule has 7 nitrogen and oxygen atoms in total. The van der Waals surface area contributed by atoms with Crippen molar-refractivity contribution in [1.82, 2.24) is 15.8 Å². The number of ether oxygens (including phenoxy) is 1. The summed E-state index contributed by atoms with van der Waals surface area (Å²) < 4.78 is 5.06. The number of carbonyl (C=O) groups is 3. The highest BCUT2D eigenvalue weighted by atomic mass is 32.1. The number of nitrogens with zero attached hydrogens (tertiary/aromatic N) is 1. The molecule has 9 heteroatoms. The fourth-order valence-electron chi connectivity index (χ4n) is 2.71. The number of hydrogen-bond acceptors (Lipinski definition) is 7. The lowest BCUT2D eigenvalue weighted by Gasteiger charge is -2.12. The van der Waals surface area contributed by atoms with Crippen molar-refractivity contribution in [3.05, 3.63) is 37.5 Å². The number of nitrogens with one attached hydrogen (secondary N) is 2. The van der Waals surface area contributed by atoms with Crippen molar-refractivity contribution < 1.29 is 19.1 Å². The quantitative estimate of drug-likeness (QED) is 0.598. The molecule has 1 aliphatic carbocycles. The Morgan fingerprint density at radius 3 is 2.65 bits per heavy atom. The lowest BCUT2D eigenvalue weighted by atomic mass is 9.96. The van der Waals surface area contributed by atoms with Crippen molar-refractivity contribution in [1.29, 1.82) is 0 Å². The van der Waals surface area contributed by atoms with Gasteiger partial charge in [-0.05, 0) is 38.2 Å². The van der Waals surface area contributed by atoms with Gasteiger partial charge in [-0.2, -0.15) is 0 Å². The highest BCUT2D eigenvalue weighted by Gasteiger charge is 2.21. The van der Waals surface area contributed by atoms with Crippen LogP contribution in [0.15, 0.2) is 10.8 Å². The first kappa shape index (κ1) is 18.5. The summed E-state index contributed by atoms with van der Waals surface area (Å²) >= 11 is 2.95. The van der Waals surface area contributed by atoms with Crippen LogP contribution in [-0.2, 0) is 33.6 Å². The minimum absolute atomic E-state index is 0.0830. The van der Waals surface area contributed by atoms with E-state index >= 15 is 0 Å². The number of aromatic nitrogens is 1. The van der Waals surface area contributed by atoms with Crippen molar-refractivity contribution >= 4 is 40.5 Å². The van der Waals surface area contributed by atoms with E-state index in [0.717, 1.165) is 36.9 Å². The molecule has 0 aliphatic heterocycles. The van der Waals surface area contributed by atoms with Gasteiger partial charge in [0.15, 0.2) is 6.61 Å². The minimum atomic E-state index is -0.592. The highest BCUT2D eigenvalue weighted by Crippen LogP contribution is 2.30. The van der Waals surface area contributed by atoms with Gasteiger partial charge in [-0.3, -0.25) is 20.4 Å². The summed E-state index contributed by atoms with van der Waals surface area (Å²) in [5.41, 5.74) is 6.99. The van der Waals surface area contributed by atoms with Crippen LogP contribution < -0.4 is 10.9 Å². The number of thiophene rings is 1. The van der Waals surface area contributed by atoms with Crippen LogP contribution in [0.5, 0.6) is 0 Å². The average Bonchev–Trinajstić information content (AvgIpc) is 3.24. The number of aryl methyl sites for hydroxylation is 2. The predicted octanol–water partition coefficient (Wildman–Crippen LogP) is 1.94. The van der Waals surface area contributed by atoms with Gasteiger partial charge in [0.2, 0.25) is 5.91 Å². The number of hydrazine groups is 1. The molecule has 138 valence electrons. The molecular formula is C17H19N3O4S2. The van der Waals surface area contributed by atoms with E-state index in [1.54, 1.807) is 16.7 Å². The van der Waals surface area contributed by atoms with Crippen LogP contribution in [0.1, 0.15) is 44.3 Å². The van der Waals surface area contributed by atoms with Crippen LogP contribution in [0.4, 0.5) is 0 Å². The number of thiazole rings is 1. The number of hydrogen-bond donors (Lipinski definition) is 2. The Kier molecular flexibility index (Phi) is 6.00. The molecule has 2 N–H and O–H groups in total. The zero-order valence-corrected chi connectivity index (χ0v) is 15.9. The van der Waals surface area contributed by atoms with E-state index in [0.29, 0.717) is 10.6 Å². The maximum Gasteiger partial charge on any atom is 0.339 e. The molecule has 1 aliphatic rings. The van der Waals surface area contributed by atoms with E-state index < -0.39 is 18.5 Å². The Bertz CT molecular complexity index is 828. The standard InChI is InChI=1S/C17H19N3O4S2/c1-10-8-26-16(18-10)6-14(21)19-20-15(22)7-24-17(23)12-9-25-13-5-3-2-4-11(12)13/h8-9H,2-7H2,1H3,(H,19,21)(H,20,22). The Hall–Kier alpha value is -2.26. The molecule has 0 atom stereocenters. The summed E-state index contributed by atoms with van der Waals surface area (Å²) in [5, 5.41) is 4.32. The number of amides is 2. The van der Waals surface area contributed by atoms with Gasteiger partial charge >= 0.3 is 5.97 Å². The van der Waals surface area contributed by atoms with Crippen LogP contribution in [-0.4, -0.2) is 29.4 Å². The van der Waals surface area contributed by atoms with E-state index in [-0.39, 0.29) is 12.3 Å². The van der Waals surface area contributed by atoms with E-state index in [2.05, 4.69) is 15.8 Å². The van der Waals surface area contributed by atoms with Gasteiger partial charge in [0.1, 0.15) is 5.01 Å². The molecule has 2 aromatic rings. The lowest BCUT2D eigenvalue weighted by molar-refractivity contribution is -0.130. The molecule has 0 bridgehead atoms. The summed E-state index contributed by atoms with van der Waals surface area (Å²) in [6, 6.07) is 0. The molecule has 0 saturated carbocycles. The molecule has 2 heterocycles. The van der Waals surface area contributed by atoms with E-state index in [4.69, 9.17) is 4.74 Å². The molecule has 0 unspecified atom stereocenters. The van der Waals surface area contributed by atoms with Gasteiger partial charge < -0.3 is 4.74 Å². The second-order valence-electron chi connectivity index (χ2n) is 5.99. The van der Waals surface area contributed by atoms with E-state index in [9.17, 15) is 14.4 Å². The Labute approximate surface area is 158 Å². The Morgan fingerprint density at radius 2 is 1.88 bits per heavy atom. The zero-order valence-electron chi connectivity index (χ0n) is 14.3. The van der Waals surface area contributed by atoms with Crippen LogP contribution in [0, 0.1) is 6.92 Å². The van der Waals surface area contributed by atoms with Crippen LogP contribution in [0.2, 0.25) is 0 Å². The monoisotopic (exact) mass is 393 g/mol. The molecule has 0 radical (unpaired) electrons. The zero-order chi connectivity index (χ0) is 18.5. The van der Waals surface area contributed by atoms with Crippen molar-refractivity contribution in [3.8, 4) is 0 Å². The topological polar surface area (TPSA) is 97.4 Å². The maximum absolute atomic E-state index is 12.2. The third-order valence-corrected chi connectivity index (χ3v) is 5.99. The van der Waals surface area contributed by atoms with Gasteiger partial charge in [0, 0.05) is 21.3 Å². The summed E-state index contributed by atoms with van der Waals surface area (Å²) in [4.78, 5) is 41.1. The second-order valence-corrected chi connectivity index (χ2v) is 7.90. The number of fused-ring (bicyclic) bond motifs is 1. The SMILES string of the molecule is Cc1csc(CC(=O)NNC(=O)COC(=O)c2csc3c2CCCC3)n1. The molecule has 0 aromatic carbocycles. The van der Waals surface area contributed by atoms with Gasteiger partial charge in [0.05, 0.1) is 12.0 Å². The Balaban J connectivity index is 1.41. The second kappa shape index (κ2) is 8.41. The third-order valence-electron chi connectivity index (χ3n) is 3.94. The summed E-state index contributed by atoms with van der Waals surface area (Å²) in [6.45, 7) is 1.40. The number of rotatable bonds is 5. The fourth-order valence-corrected chi connectivity index (χ4v) is 4.60. The summed E-state index contributed by atoms with van der Waals surface area (Å²) in [5.74, 6) is -1.47. The van der Waals surface area contributed by atoms with Crippen molar-refractivity contribution in [2.24, 2.45) is 0 Å². The molecule has 2 amide bonds. The Morgan fingerprint density at radius 1 is 1.12 bits per heavy atom. The minimum Gasteiger partial charge on any atom is -0.452 e. The molecular weight excluding hydrogens is 374 g/mol. The van der Waals surface area contributed by atoms with E-state index in [1.165, 1.54) is 16.2 Å². The predicted molar refractivity (Wildman–Crippen MR) is 98.1 cm³/mol. The largest absolute Gasteiger partial charge is 0.452 e. The number of esters is 1. The maximum atomic E-state index is 12.2. The van der Waals surface area contributed by atoms with Crippen molar-refractivity contribution in [2.75, 3.05) is 6.61 Å². The van der Waals surface area contributed by atoms with Crippen LogP contribution in [0.25, 0.3) is 0 Å². The first-order valence-electron chi connectivity index (χ1n) is 8.28. The van der Waals surface area contributed by atoms with Crippen LogP contribution in [0.3, 0.4) is 0 Å². The fraction of sp³-hybridized carbons (Fsp3) is 0.412. The average molecular weight is 393 g/mol.